The maximum absolute atomic E-state index is 12.1. The smallest absolute Gasteiger partial charge is 0.184 e. The van der Waals surface area contributed by atoms with Crippen LogP contribution in [0.3, 0.4) is 0 Å². The van der Waals surface area contributed by atoms with Crippen LogP contribution in [0.25, 0.3) is 0 Å². The van der Waals surface area contributed by atoms with Crippen molar-refractivity contribution in [2.24, 2.45) is 0 Å². The van der Waals surface area contributed by atoms with Crippen LogP contribution in [-0.2, 0) is 5.41 Å². The number of carbonyl (C=O) groups excluding carboxylic acids is 1. The van der Waals surface area contributed by atoms with E-state index in [0.717, 1.165) is 14.2 Å². The summed E-state index contributed by atoms with van der Waals surface area (Å²) in [5.41, 5.74) is 1.48. The number of carbonyl (C=O) groups is 1. The van der Waals surface area contributed by atoms with Crippen LogP contribution < -0.4 is 0 Å². The van der Waals surface area contributed by atoms with E-state index >= 15 is 0 Å². The second-order valence-electron chi connectivity index (χ2n) is 5.58. The van der Waals surface area contributed by atoms with Gasteiger partial charge >= 0.3 is 0 Å². The molecule has 0 saturated carbocycles. The van der Waals surface area contributed by atoms with Crippen molar-refractivity contribution in [2.45, 2.75) is 31.1 Å². The lowest BCUT2D eigenvalue weighted by Gasteiger charge is -2.19. The maximum Gasteiger partial charge on any atom is 0.184 e. The molecule has 0 atom stereocenters. The third-order valence-corrected chi connectivity index (χ3v) is 5.85. The molecule has 0 fully saturated rings. The number of halogens is 1. The maximum atomic E-state index is 12.1. The first-order valence-electron chi connectivity index (χ1n) is 6.37. The molecule has 0 N–H and O–H groups in total. The molecule has 0 radical (unpaired) electrons. The van der Waals surface area contributed by atoms with Crippen molar-refractivity contribution >= 4 is 44.8 Å². The van der Waals surface area contributed by atoms with Crippen LogP contribution in [0.15, 0.2) is 45.1 Å². The average Bonchev–Trinajstić information content (AvgIpc) is 2.82. The number of thioether (sulfide) groups is 1. The van der Waals surface area contributed by atoms with Gasteiger partial charge in [0.15, 0.2) is 5.78 Å². The quantitative estimate of drug-likeness (QED) is 0.502. The minimum atomic E-state index is 0.168. The minimum absolute atomic E-state index is 0.168. The van der Waals surface area contributed by atoms with Crippen LogP contribution in [0.4, 0.5) is 0 Å². The molecule has 20 heavy (non-hydrogen) atoms. The third-order valence-electron chi connectivity index (χ3n) is 2.96. The van der Waals surface area contributed by atoms with Gasteiger partial charge in [-0.2, -0.15) is 0 Å². The van der Waals surface area contributed by atoms with Crippen LogP contribution in [0, 0.1) is 0 Å². The summed E-state index contributed by atoms with van der Waals surface area (Å²) >= 11 is 6.48. The van der Waals surface area contributed by atoms with Crippen molar-refractivity contribution in [1.82, 2.24) is 0 Å². The van der Waals surface area contributed by atoms with Gasteiger partial charge < -0.3 is 0 Å². The number of thiophene rings is 1. The van der Waals surface area contributed by atoms with E-state index in [1.807, 2.05) is 11.4 Å². The predicted molar refractivity (Wildman–Crippen MR) is 92.2 cm³/mol. The van der Waals surface area contributed by atoms with Crippen molar-refractivity contribution in [3.63, 3.8) is 0 Å². The highest BCUT2D eigenvalue weighted by Gasteiger charge is 2.14. The summed E-state index contributed by atoms with van der Waals surface area (Å²) in [6.07, 6.45) is 0. The monoisotopic (exact) mass is 368 g/mol. The van der Waals surface area contributed by atoms with E-state index in [4.69, 9.17) is 0 Å². The van der Waals surface area contributed by atoms with E-state index in [2.05, 4.69) is 61.0 Å². The highest BCUT2D eigenvalue weighted by molar-refractivity contribution is 9.10. The molecule has 1 aromatic carbocycles. The Morgan fingerprint density at radius 2 is 1.85 bits per heavy atom. The summed E-state index contributed by atoms with van der Waals surface area (Å²) in [6, 6.07) is 10.4. The van der Waals surface area contributed by atoms with Crippen molar-refractivity contribution in [2.75, 3.05) is 5.75 Å². The molecule has 0 aliphatic rings. The normalized spacial score (nSPS) is 11.6. The Labute approximate surface area is 136 Å². The number of Topliss-reactive ketones (excluding diaryl/α,β-unsaturated/α-hetero) is 1. The van der Waals surface area contributed by atoms with Gasteiger partial charge in [-0.1, -0.05) is 32.9 Å². The van der Waals surface area contributed by atoms with E-state index in [1.165, 1.54) is 16.9 Å². The van der Waals surface area contributed by atoms with E-state index in [-0.39, 0.29) is 11.2 Å². The molecule has 0 saturated heterocycles. The largest absolute Gasteiger partial charge is 0.292 e. The lowest BCUT2D eigenvalue weighted by molar-refractivity contribution is 0.102. The lowest BCUT2D eigenvalue weighted by atomic mass is 9.87. The number of rotatable bonds is 4. The zero-order valence-electron chi connectivity index (χ0n) is 11.8. The van der Waals surface area contributed by atoms with Crippen molar-refractivity contribution < 1.29 is 4.79 Å². The molecule has 1 nitrogen and oxygen atoms in total. The Morgan fingerprint density at radius 3 is 2.35 bits per heavy atom. The summed E-state index contributed by atoms with van der Waals surface area (Å²) in [7, 11) is 0. The predicted octanol–water partition coefficient (Wildman–Crippen LogP) is 5.78. The Kier molecular flexibility index (Phi) is 5.10. The molecule has 1 heterocycles. The zero-order valence-corrected chi connectivity index (χ0v) is 15.0. The Balaban J connectivity index is 1.98. The molecule has 2 rings (SSSR count). The molecule has 0 aliphatic heterocycles. The highest BCUT2D eigenvalue weighted by atomic mass is 79.9. The minimum Gasteiger partial charge on any atom is -0.292 e. The molecule has 4 heteroatoms. The van der Waals surface area contributed by atoms with E-state index in [1.54, 1.807) is 11.8 Å². The van der Waals surface area contributed by atoms with Crippen LogP contribution in [-0.4, -0.2) is 11.5 Å². The first-order chi connectivity index (χ1) is 9.38. The standard InChI is InChI=1S/C16H17BrOS2/c1-16(2,3)11-4-6-12(7-5-11)20-10-14(18)15-13(17)8-9-19-15/h4-9H,10H2,1-3H3. The summed E-state index contributed by atoms with van der Waals surface area (Å²) < 4.78 is 0.899. The van der Waals surface area contributed by atoms with Crippen molar-refractivity contribution in [3.05, 3.63) is 50.6 Å². The first-order valence-corrected chi connectivity index (χ1v) is 9.03. The molecule has 0 aliphatic carbocycles. The van der Waals surface area contributed by atoms with Gasteiger partial charge in [-0.25, -0.2) is 0 Å². The summed E-state index contributed by atoms with van der Waals surface area (Å²) in [4.78, 5) is 14.0. The van der Waals surface area contributed by atoms with Gasteiger partial charge in [-0.3, -0.25) is 4.79 Å². The van der Waals surface area contributed by atoms with Crippen LogP contribution >= 0.6 is 39.0 Å². The topological polar surface area (TPSA) is 17.1 Å². The fraction of sp³-hybridized carbons (Fsp3) is 0.312. The van der Waals surface area contributed by atoms with Gasteiger partial charge in [0.25, 0.3) is 0 Å². The van der Waals surface area contributed by atoms with Crippen LogP contribution in [0.5, 0.6) is 0 Å². The Hall–Kier alpha value is -0.580. The third kappa shape index (κ3) is 3.96. The molecule has 0 unspecified atom stereocenters. The summed E-state index contributed by atoms with van der Waals surface area (Å²) in [5.74, 6) is 0.658. The van der Waals surface area contributed by atoms with Crippen LogP contribution in [0.2, 0.25) is 0 Å². The fourth-order valence-electron chi connectivity index (χ4n) is 1.76. The summed E-state index contributed by atoms with van der Waals surface area (Å²) in [6.45, 7) is 6.60. The van der Waals surface area contributed by atoms with Crippen molar-refractivity contribution in [3.8, 4) is 0 Å². The van der Waals surface area contributed by atoms with Gasteiger partial charge in [0, 0.05) is 9.37 Å². The highest BCUT2D eigenvalue weighted by Crippen LogP contribution is 2.28. The molecular weight excluding hydrogens is 352 g/mol. The van der Waals surface area contributed by atoms with E-state index in [0.29, 0.717) is 5.75 Å². The molecule has 0 spiro atoms. The lowest BCUT2D eigenvalue weighted by Crippen LogP contribution is -2.10. The van der Waals surface area contributed by atoms with Gasteiger partial charge in [0.05, 0.1) is 10.6 Å². The SMILES string of the molecule is CC(C)(C)c1ccc(SCC(=O)c2sccc2Br)cc1. The van der Waals surface area contributed by atoms with Gasteiger partial charge in [0.1, 0.15) is 0 Å². The second kappa shape index (κ2) is 6.46. The molecular formula is C16H17BrOS2. The molecule has 0 bridgehead atoms. The second-order valence-corrected chi connectivity index (χ2v) is 8.40. The first kappa shape index (κ1) is 15.8. The number of hydrogen-bond acceptors (Lipinski definition) is 3. The average molecular weight is 369 g/mol. The Morgan fingerprint density at radius 1 is 1.20 bits per heavy atom. The zero-order chi connectivity index (χ0) is 14.8. The molecule has 106 valence electrons. The Bertz CT molecular complexity index is 594. The van der Waals surface area contributed by atoms with E-state index < -0.39 is 0 Å². The van der Waals surface area contributed by atoms with Gasteiger partial charge in [0.2, 0.25) is 0 Å². The van der Waals surface area contributed by atoms with Crippen molar-refractivity contribution in [1.29, 1.82) is 0 Å². The van der Waals surface area contributed by atoms with Crippen LogP contribution in [0.1, 0.15) is 36.0 Å². The fourth-order valence-corrected chi connectivity index (χ4v) is 4.15. The molecule has 1 aromatic heterocycles. The summed E-state index contributed by atoms with van der Waals surface area (Å²) in [5, 5.41) is 1.93. The molecule has 2 aromatic rings. The number of benzene rings is 1. The number of ketones is 1. The van der Waals surface area contributed by atoms with Gasteiger partial charge in [-0.05, 0) is 50.5 Å². The van der Waals surface area contributed by atoms with E-state index in [9.17, 15) is 4.79 Å². The molecule has 0 amide bonds. The number of hydrogen-bond donors (Lipinski definition) is 0. The van der Waals surface area contributed by atoms with Gasteiger partial charge in [-0.15, -0.1) is 23.1 Å².